The van der Waals surface area contributed by atoms with Crippen molar-refractivity contribution in [2.45, 2.75) is 38.0 Å². The third-order valence-electron chi connectivity index (χ3n) is 4.91. The van der Waals surface area contributed by atoms with Gasteiger partial charge in [-0.15, -0.1) is 0 Å². The van der Waals surface area contributed by atoms with Crippen molar-refractivity contribution < 1.29 is 18.3 Å². The number of sulfonamides is 1. The maximum atomic E-state index is 12.6. The molecule has 1 fully saturated rings. The molecule has 0 unspecified atom stereocenters. The third kappa shape index (κ3) is 4.65. The number of hydrazone groups is 1. The van der Waals surface area contributed by atoms with Crippen LogP contribution in [0.5, 0.6) is 5.75 Å². The smallest absolute Gasteiger partial charge is 0.271 e. The summed E-state index contributed by atoms with van der Waals surface area (Å²) in [6.07, 6.45) is 2.26. The number of hydrogen-bond donors (Lipinski definition) is 2. The van der Waals surface area contributed by atoms with Gasteiger partial charge >= 0.3 is 0 Å². The molecule has 8 heteroatoms. The standard InChI is InChI=1S/C21H25N3O4S/c1-3-19(18-14-15(2)6-11-20(18)25)22-23-21(26)16-7-9-17(10-8-16)29(27,28)24-12-4-5-13-24/h6-11,14,25H,3-5,12-13H2,1-2H3,(H,23,26)/b22-19+. The molecule has 1 saturated heterocycles. The van der Waals surface area contributed by atoms with E-state index in [-0.39, 0.29) is 10.6 Å². The average Bonchev–Trinajstić information content (AvgIpc) is 3.26. The molecular weight excluding hydrogens is 390 g/mol. The third-order valence-corrected chi connectivity index (χ3v) is 6.82. The van der Waals surface area contributed by atoms with Crippen molar-refractivity contribution in [1.29, 1.82) is 0 Å². The first-order valence-corrected chi connectivity index (χ1v) is 11.0. The first-order valence-electron chi connectivity index (χ1n) is 9.60. The number of aryl methyl sites for hydroxylation is 1. The van der Waals surface area contributed by atoms with Crippen LogP contribution < -0.4 is 5.43 Å². The van der Waals surface area contributed by atoms with Gasteiger partial charge in [-0.25, -0.2) is 13.8 Å². The van der Waals surface area contributed by atoms with Crippen LogP contribution in [0.4, 0.5) is 0 Å². The molecule has 1 aliphatic rings. The fraction of sp³-hybridized carbons (Fsp3) is 0.333. The van der Waals surface area contributed by atoms with Gasteiger partial charge < -0.3 is 5.11 Å². The summed E-state index contributed by atoms with van der Waals surface area (Å²) in [6.45, 7) is 4.85. The first kappa shape index (κ1) is 21.0. The molecule has 0 bridgehead atoms. The van der Waals surface area contributed by atoms with Crippen LogP contribution in [-0.2, 0) is 10.0 Å². The minimum atomic E-state index is -3.51. The summed E-state index contributed by atoms with van der Waals surface area (Å²) in [4.78, 5) is 12.6. The molecule has 0 saturated carbocycles. The molecule has 0 spiro atoms. The second-order valence-electron chi connectivity index (χ2n) is 7.01. The Morgan fingerprint density at radius 2 is 1.79 bits per heavy atom. The molecule has 2 aromatic rings. The molecule has 1 heterocycles. The predicted molar refractivity (Wildman–Crippen MR) is 112 cm³/mol. The summed E-state index contributed by atoms with van der Waals surface area (Å²) in [6, 6.07) is 11.0. The van der Waals surface area contributed by atoms with Crippen molar-refractivity contribution in [3.8, 4) is 5.75 Å². The van der Waals surface area contributed by atoms with E-state index in [2.05, 4.69) is 10.5 Å². The highest BCUT2D eigenvalue weighted by Gasteiger charge is 2.27. The number of carbonyl (C=O) groups excluding carboxylic acids is 1. The number of hydrogen-bond acceptors (Lipinski definition) is 5. The predicted octanol–water partition coefficient (Wildman–Crippen LogP) is 3.03. The summed E-state index contributed by atoms with van der Waals surface area (Å²) >= 11 is 0. The first-order chi connectivity index (χ1) is 13.8. The number of phenols is 1. The molecule has 2 N–H and O–H groups in total. The Bertz CT molecular complexity index is 1020. The number of phenolic OH excluding ortho intramolecular Hbond substituents is 1. The van der Waals surface area contributed by atoms with Gasteiger partial charge in [-0.1, -0.05) is 18.6 Å². The molecule has 7 nitrogen and oxygen atoms in total. The number of carbonyl (C=O) groups is 1. The van der Waals surface area contributed by atoms with E-state index in [9.17, 15) is 18.3 Å². The Hall–Kier alpha value is -2.71. The Labute approximate surface area is 171 Å². The summed E-state index contributed by atoms with van der Waals surface area (Å²) in [5.74, 6) is -0.352. The van der Waals surface area contributed by atoms with Gasteiger partial charge in [0.2, 0.25) is 10.0 Å². The molecule has 0 aliphatic carbocycles. The van der Waals surface area contributed by atoms with E-state index in [1.807, 2.05) is 19.9 Å². The monoisotopic (exact) mass is 415 g/mol. The van der Waals surface area contributed by atoms with Crippen LogP contribution in [0.15, 0.2) is 52.5 Å². The molecule has 154 valence electrons. The van der Waals surface area contributed by atoms with E-state index in [1.54, 1.807) is 12.1 Å². The van der Waals surface area contributed by atoms with Gasteiger partial charge in [0, 0.05) is 24.2 Å². The van der Waals surface area contributed by atoms with Crippen LogP contribution in [0.25, 0.3) is 0 Å². The Kier molecular flexibility index (Phi) is 6.34. The van der Waals surface area contributed by atoms with Gasteiger partial charge in [-0.05, 0) is 62.6 Å². The Balaban J connectivity index is 1.75. The second kappa shape index (κ2) is 8.75. The lowest BCUT2D eigenvalue weighted by atomic mass is 10.0. The van der Waals surface area contributed by atoms with Crippen molar-refractivity contribution in [1.82, 2.24) is 9.73 Å². The lowest BCUT2D eigenvalue weighted by Gasteiger charge is -2.15. The van der Waals surface area contributed by atoms with Crippen LogP contribution in [0.3, 0.4) is 0 Å². The molecule has 1 amide bonds. The van der Waals surface area contributed by atoms with E-state index in [4.69, 9.17) is 0 Å². The van der Waals surface area contributed by atoms with E-state index in [1.165, 1.54) is 28.6 Å². The lowest BCUT2D eigenvalue weighted by molar-refractivity contribution is 0.0954. The van der Waals surface area contributed by atoms with Gasteiger partial charge in [0.05, 0.1) is 10.6 Å². The molecule has 0 radical (unpaired) electrons. The van der Waals surface area contributed by atoms with E-state index in [0.29, 0.717) is 36.3 Å². The maximum absolute atomic E-state index is 12.6. The fourth-order valence-corrected chi connectivity index (χ4v) is 4.77. The summed E-state index contributed by atoms with van der Waals surface area (Å²) in [7, 11) is -3.51. The second-order valence-corrected chi connectivity index (χ2v) is 8.95. The van der Waals surface area contributed by atoms with Crippen molar-refractivity contribution >= 4 is 21.6 Å². The Morgan fingerprint density at radius 3 is 2.41 bits per heavy atom. The molecule has 1 aliphatic heterocycles. The molecule has 29 heavy (non-hydrogen) atoms. The van der Waals surface area contributed by atoms with Crippen molar-refractivity contribution in [3.63, 3.8) is 0 Å². The van der Waals surface area contributed by atoms with Crippen LogP contribution in [0.2, 0.25) is 0 Å². The molecule has 2 aromatic carbocycles. The zero-order chi connectivity index (χ0) is 21.0. The van der Waals surface area contributed by atoms with Gasteiger partial charge in [0.15, 0.2) is 0 Å². The quantitative estimate of drug-likeness (QED) is 0.560. The van der Waals surface area contributed by atoms with Crippen LogP contribution in [0.1, 0.15) is 47.7 Å². The molecule has 0 atom stereocenters. The van der Waals surface area contributed by atoms with Crippen molar-refractivity contribution in [3.05, 3.63) is 59.2 Å². The van der Waals surface area contributed by atoms with Crippen LogP contribution >= 0.6 is 0 Å². The normalized spacial score (nSPS) is 15.4. The summed E-state index contributed by atoms with van der Waals surface area (Å²) < 4.78 is 26.6. The SMILES string of the molecule is CC/C(=N\NC(=O)c1ccc(S(=O)(=O)N2CCCC2)cc1)c1cc(C)ccc1O. The van der Waals surface area contributed by atoms with Gasteiger partial charge in [-0.2, -0.15) is 9.41 Å². The van der Waals surface area contributed by atoms with Crippen LogP contribution in [0, 0.1) is 6.92 Å². The summed E-state index contributed by atoms with van der Waals surface area (Å²) in [5.41, 5.74) is 4.88. The lowest BCUT2D eigenvalue weighted by Crippen LogP contribution is -2.28. The van der Waals surface area contributed by atoms with Gasteiger partial charge in [0.1, 0.15) is 5.75 Å². The minimum absolute atomic E-state index is 0.0990. The number of nitrogens with zero attached hydrogens (tertiary/aromatic N) is 2. The highest BCUT2D eigenvalue weighted by molar-refractivity contribution is 7.89. The zero-order valence-corrected chi connectivity index (χ0v) is 17.4. The average molecular weight is 416 g/mol. The van der Waals surface area contributed by atoms with Gasteiger partial charge in [-0.3, -0.25) is 4.79 Å². The van der Waals surface area contributed by atoms with E-state index < -0.39 is 15.9 Å². The van der Waals surface area contributed by atoms with E-state index in [0.717, 1.165) is 18.4 Å². The topological polar surface area (TPSA) is 99.1 Å². The molecule has 0 aromatic heterocycles. The Morgan fingerprint density at radius 1 is 1.14 bits per heavy atom. The summed E-state index contributed by atoms with van der Waals surface area (Å²) in [5, 5.41) is 14.2. The largest absolute Gasteiger partial charge is 0.507 e. The highest BCUT2D eigenvalue weighted by atomic mass is 32.2. The minimum Gasteiger partial charge on any atom is -0.507 e. The number of benzene rings is 2. The van der Waals surface area contributed by atoms with Crippen molar-refractivity contribution in [2.24, 2.45) is 5.10 Å². The number of rotatable bonds is 6. The highest BCUT2D eigenvalue weighted by Crippen LogP contribution is 2.22. The zero-order valence-electron chi connectivity index (χ0n) is 16.6. The fourth-order valence-electron chi connectivity index (χ4n) is 3.25. The molecule has 3 rings (SSSR count). The van der Waals surface area contributed by atoms with E-state index >= 15 is 0 Å². The number of nitrogens with one attached hydrogen (secondary N) is 1. The molecular formula is C21H25N3O4S. The van der Waals surface area contributed by atoms with Crippen molar-refractivity contribution in [2.75, 3.05) is 13.1 Å². The number of amides is 1. The van der Waals surface area contributed by atoms with Gasteiger partial charge in [0.25, 0.3) is 5.91 Å². The number of aromatic hydroxyl groups is 1. The maximum Gasteiger partial charge on any atom is 0.271 e. The van der Waals surface area contributed by atoms with Crippen LogP contribution in [-0.4, -0.2) is 42.5 Å².